The molecule has 2 nitrogen and oxygen atoms in total. The smallest absolute Gasteiger partial charge is 0.0587 e. The Morgan fingerprint density at radius 3 is 2.13 bits per heavy atom. The van der Waals surface area contributed by atoms with E-state index in [1.54, 1.807) is 6.07 Å². The topological polar surface area (TPSA) is 27.0 Å². The van der Waals surface area contributed by atoms with Crippen molar-refractivity contribution in [1.82, 2.24) is 4.90 Å². The van der Waals surface area contributed by atoms with Crippen molar-refractivity contribution in [3.05, 3.63) is 71.3 Å². The second kappa shape index (κ2) is 13.5. The highest BCUT2D eigenvalue weighted by Crippen LogP contribution is 2.40. The summed E-state index contributed by atoms with van der Waals surface area (Å²) in [6.07, 6.45) is 7.17. The Labute approximate surface area is 188 Å². The lowest BCUT2D eigenvalue weighted by molar-refractivity contribution is 0.193. The van der Waals surface area contributed by atoms with E-state index in [1.807, 2.05) is 0 Å². The van der Waals surface area contributed by atoms with Crippen LogP contribution in [0.25, 0.3) is 0 Å². The first kappa shape index (κ1) is 24.4. The molecule has 0 aromatic heterocycles. The molecule has 0 amide bonds. The fraction of sp³-hybridized carbons (Fsp3) is 0.519. The number of hydrogen-bond donors (Lipinski definition) is 0. The summed E-state index contributed by atoms with van der Waals surface area (Å²) in [5.41, 5.74) is 4.33. The standard InChI is InChI=1S/C25H34ClN.C2H3N/c1-3-23(27(4-2)19-18-20-8-6-5-7-9-20)15-12-21-10-13-22(14-11-21)24-16-17-25(24)26;1-2-3/h5-11,13-14,23-25H,3-4,12,15-19H2,1-2H3;1H3. The zero-order chi connectivity index (χ0) is 21.8. The van der Waals surface area contributed by atoms with Gasteiger partial charge in [0, 0.05) is 30.8 Å². The summed E-state index contributed by atoms with van der Waals surface area (Å²) >= 11 is 6.33. The van der Waals surface area contributed by atoms with Crippen LogP contribution in [0.4, 0.5) is 0 Å². The van der Waals surface area contributed by atoms with E-state index in [0.29, 0.717) is 17.3 Å². The van der Waals surface area contributed by atoms with Crippen LogP contribution in [-0.2, 0) is 12.8 Å². The molecule has 30 heavy (non-hydrogen) atoms. The van der Waals surface area contributed by atoms with Crippen molar-refractivity contribution in [2.24, 2.45) is 0 Å². The summed E-state index contributed by atoms with van der Waals surface area (Å²) in [5.74, 6) is 0.581. The minimum Gasteiger partial charge on any atom is -0.300 e. The summed E-state index contributed by atoms with van der Waals surface area (Å²) in [6, 6.07) is 22.5. The molecule has 2 aromatic carbocycles. The molecule has 1 aliphatic rings. The fourth-order valence-corrected chi connectivity index (χ4v) is 4.66. The van der Waals surface area contributed by atoms with Crippen LogP contribution in [0.5, 0.6) is 0 Å². The quantitative estimate of drug-likeness (QED) is 0.384. The van der Waals surface area contributed by atoms with Crippen LogP contribution in [0.3, 0.4) is 0 Å². The number of likely N-dealkylation sites (N-methyl/N-ethyl adjacent to an activating group) is 1. The van der Waals surface area contributed by atoms with Crippen molar-refractivity contribution in [2.75, 3.05) is 13.1 Å². The van der Waals surface area contributed by atoms with E-state index >= 15 is 0 Å². The molecule has 0 heterocycles. The van der Waals surface area contributed by atoms with Gasteiger partial charge in [-0.05, 0) is 61.8 Å². The summed E-state index contributed by atoms with van der Waals surface area (Å²) < 4.78 is 0. The number of hydrogen-bond acceptors (Lipinski definition) is 2. The number of alkyl halides is 1. The number of aryl methyl sites for hydroxylation is 1. The van der Waals surface area contributed by atoms with E-state index in [4.69, 9.17) is 16.9 Å². The van der Waals surface area contributed by atoms with Crippen LogP contribution in [0, 0.1) is 11.3 Å². The second-order valence-corrected chi connectivity index (χ2v) is 8.69. The van der Waals surface area contributed by atoms with E-state index in [9.17, 15) is 0 Å². The number of nitrogens with zero attached hydrogens (tertiary/aromatic N) is 2. The molecule has 1 aliphatic carbocycles. The molecule has 1 saturated carbocycles. The van der Waals surface area contributed by atoms with E-state index in [1.165, 1.54) is 49.3 Å². The monoisotopic (exact) mass is 424 g/mol. The predicted octanol–water partition coefficient (Wildman–Crippen LogP) is 6.98. The summed E-state index contributed by atoms with van der Waals surface area (Å²) in [6.45, 7) is 8.33. The van der Waals surface area contributed by atoms with Crippen molar-refractivity contribution < 1.29 is 0 Å². The minimum atomic E-state index is 0.350. The Morgan fingerprint density at radius 2 is 1.63 bits per heavy atom. The molecule has 0 bridgehead atoms. The SMILES string of the molecule is CC#N.CCC(CCc1ccc(C2CCC2Cl)cc1)N(CC)CCc1ccccc1. The van der Waals surface area contributed by atoms with Gasteiger partial charge in [0.1, 0.15) is 0 Å². The van der Waals surface area contributed by atoms with E-state index in [2.05, 4.69) is 73.3 Å². The molecular formula is C27H37ClN2. The maximum Gasteiger partial charge on any atom is 0.0587 e. The zero-order valence-corrected chi connectivity index (χ0v) is 19.6. The van der Waals surface area contributed by atoms with Gasteiger partial charge in [0.05, 0.1) is 6.07 Å². The average molecular weight is 425 g/mol. The van der Waals surface area contributed by atoms with Gasteiger partial charge in [-0.3, -0.25) is 0 Å². The van der Waals surface area contributed by atoms with Crippen LogP contribution >= 0.6 is 11.6 Å². The summed E-state index contributed by atoms with van der Waals surface area (Å²) in [7, 11) is 0. The second-order valence-electron chi connectivity index (χ2n) is 8.13. The van der Waals surface area contributed by atoms with Gasteiger partial charge in [-0.1, -0.05) is 68.4 Å². The van der Waals surface area contributed by atoms with Crippen molar-refractivity contribution in [3.8, 4) is 6.07 Å². The van der Waals surface area contributed by atoms with Gasteiger partial charge >= 0.3 is 0 Å². The number of rotatable bonds is 10. The largest absolute Gasteiger partial charge is 0.300 e. The van der Waals surface area contributed by atoms with Gasteiger partial charge in [-0.25, -0.2) is 0 Å². The van der Waals surface area contributed by atoms with Gasteiger partial charge < -0.3 is 4.90 Å². The van der Waals surface area contributed by atoms with Crippen LogP contribution in [-0.4, -0.2) is 29.4 Å². The number of benzene rings is 2. The summed E-state index contributed by atoms with van der Waals surface area (Å²) in [4.78, 5) is 2.66. The molecule has 2 aromatic rings. The van der Waals surface area contributed by atoms with Gasteiger partial charge in [0.15, 0.2) is 0 Å². The molecule has 0 radical (unpaired) electrons. The Kier molecular flexibility index (Phi) is 11.0. The van der Waals surface area contributed by atoms with Gasteiger partial charge in [-0.2, -0.15) is 5.26 Å². The number of halogens is 1. The molecular weight excluding hydrogens is 388 g/mol. The molecule has 1 fully saturated rings. The highest BCUT2D eigenvalue weighted by molar-refractivity contribution is 6.21. The third-order valence-corrected chi connectivity index (χ3v) is 6.81. The summed E-state index contributed by atoms with van der Waals surface area (Å²) in [5, 5.41) is 7.67. The van der Waals surface area contributed by atoms with Gasteiger partial charge in [-0.15, -0.1) is 11.6 Å². The molecule has 3 rings (SSSR count). The molecule has 0 aliphatic heterocycles. The van der Waals surface area contributed by atoms with Crippen LogP contribution in [0.2, 0.25) is 0 Å². The fourth-order valence-electron chi connectivity index (χ4n) is 4.26. The lowest BCUT2D eigenvalue weighted by atomic mass is 9.79. The molecule has 162 valence electrons. The zero-order valence-electron chi connectivity index (χ0n) is 18.9. The molecule has 0 saturated heterocycles. The predicted molar refractivity (Wildman–Crippen MR) is 129 cm³/mol. The molecule has 3 atom stereocenters. The highest BCUT2D eigenvalue weighted by Gasteiger charge is 2.29. The van der Waals surface area contributed by atoms with E-state index in [-0.39, 0.29) is 0 Å². The molecule has 0 N–H and O–H groups in total. The molecule has 3 heteroatoms. The van der Waals surface area contributed by atoms with Crippen molar-refractivity contribution in [2.45, 2.75) is 76.6 Å². The Balaban J connectivity index is 0.00000101. The maximum absolute atomic E-state index is 7.32. The van der Waals surface area contributed by atoms with E-state index in [0.717, 1.165) is 25.9 Å². The first-order valence-corrected chi connectivity index (χ1v) is 11.9. The lowest BCUT2D eigenvalue weighted by Crippen LogP contribution is -2.36. The van der Waals surface area contributed by atoms with Gasteiger partial charge in [0.2, 0.25) is 0 Å². The first-order chi connectivity index (χ1) is 14.6. The normalized spacial score (nSPS) is 18.7. The minimum absolute atomic E-state index is 0.350. The van der Waals surface area contributed by atoms with Crippen molar-refractivity contribution >= 4 is 11.6 Å². The van der Waals surface area contributed by atoms with Crippen LogP contribution in [0.15, 0.2) is 54.6 Å². The Bertz CT molecular complexity index is 751. The molecule has 0 spiro atoms. The van der Waals surface area contributed by atoms with Crippen LogP contribution in [0.1, 0.15) is 69.1 Å². The third kappa shape index (κ3) is 7.46. The average Bonchev–Trinajstić information content (AvgIpc) is 2.77. The van der Waals surface area contributed by atoms with Crippen LogP contribution < -0.4 is 0 Å². The first-order valence-electron chi connectivity index (χ1n) is 11.4. The third-order valence-electron chi connectivity index (χ3n) is 6.29. The van der Waals surface area contributed by atoms with Gasteiger partial charge in [0.25, 0.3) is 0 Å². The van der Waals surface area contributed by atoms with Crippen molar-refractivity contribution in [1.29, 1.82) is 5.26 Å². The van der Waals surface area contributed by atoms with Crippen molar-refractivity contribution in [3.63, 3.8) is 0 Å². The Morgan fingerprint density at radius 1 is 1.00 bits per heavy atom. The van der Waals surface area contributed by atoms with E-state index < -0.39 is 0 Å². The lowest BCUT2D eigenvalue weighted by Gasteiger charge is -2.32. The molecule has 3 unspecified atom stereocenters. The highest BCUT2D eigenvalue weighted by atomic mass is 35.5. The maximum atomic E-state index is 7.32. The number of nitriles is 1. The Hall–Kier alpha value is -1.82.